The first-order valence-electron chi connectivity index (χ1n) is 16.3. The zero-order valence-electron chi connectivity index (χ0n) is 30.1. The molecule has 0 radical (unpaired) electrons. The van der Waals surface area contributed by atoms with Gasteiger partial charge in [-0.1, -0.05) is 78.0 Å². The van der Waals surface area contributed by atoms with Crippen LogP contribution in [0.1, 0.15) is 63.0 Å². The maximum atomic E-state index is 14.8. The number of hydrogen-bond donors (Lipinski definition) is 5. The molecule has 0 aliphatic carbocycles. The zero-order valence-corrected chi connectivity index (χ0v) is 31.3. The van der Waals surface area contributed by atoms with E-state index < -0.39 is 85.2 Å². The molecular formula is C35H50F5N3O7Si. The molecule has 0 aliphatic heterocycles. The standard InChI is InChI=1S/C29H34F5N3O7.C6H16Si/c1-16(2)20(24(40)29(33,34)27(43)35-15-28(30,31)32)13-22(39)23(17-9-11-19(44-3)12-10-17)37-26(42)21(14-38)36-25(41)18-7-5-4-6-8-18;1-6(2,3)7(4)5/h4-12,16,20-21,23-24,38,40H,13-15H2,1-3H3,(H,35,43)(H,36,41)(H,37,42);7H,1-5H3/t20-,21-,23-,24+;/m0./s1. The van der Waals surface area contributed by atoms with Crippen LogP contribution in [-0.2, 0) is 14.4 Å². The molecule has 0 unspecified atom stereocenters. The highest BCUT2D eigenvalue weighted by molar-refractivity contribution is 6.59. The van der Waals surface area contributed by atoms with Gasteiger partial charge in [-0.2, -0.15) is 22.0 Å². The molecule has 0 aromatic heterocycles. The molecule has 0 saturated heterocycles. The van der Waals surface area contributed by atoms with Gasteiger partial charge < -0.3 is 30.9 Å². The van der Waals surface area contributed by atoms with Gasteiger partial charge in [0.05, 0.1) is 13.7 Å². The second kappa shape index (κ2) is 19.6. The third kappa shape index (κ3) is 14.7. The van der Waals surface area contributed by atoms with E-state index in [0.717, 1.165) is 5.32 Å². The average Bonchev–Trinajstić information content (AvgIpc) is 3.06. The van der Waals surface area contributed by atoms with Crippen molar-refractivity contribution in [2.45, 2.75) is 89.5 Å². The molecule has 0 bridgehead atoms. The second-order valence-electron chi connectivity index (χ2n) is 13.8. The minimum absolute atomic E-state index is 0.141. The van der Waals surface area contributed by atoms with Gasteiger partial charge >= 0.3 is 12.1 Å². The van der Waals surface area contributed by atoms with E-state index in [4.69, 9.17) is 4.74 Å². The van der Waals surface area contributed by atoms with E-state index in [1.807, 2.05) is 0 Å². The van der Waals surface area contributed by atoms with Crippen LogP contribution >= 0.6 is 0 Å². The lowest BCUT2D eigenvalue weighted by Gasteiger charge is -2.32. The summed E-state index contributed by atoms with van der Waals surface area (Å²) in [6, 6.07) is 10.3. The first-order chi connectivity index (χ1) is 23.5. The van der Waals surface area contributed by atoms with Crippen molar-refractivity contribution >= 4 is 32.3 Å². The number of carbonyl (C=O) groups excluding carboxylic acids is 4. The van der Waals surface area contributed by atoms with Gasteiger partial charge in [0.15, 0.2) is 5.78 Å². The first kappa shape index (κ1) is 45.1. The van der Waals surface area contributed by atoms with Crippen LogP contribution in [0.15, 0.2) is 54.6 Å². The molecule has 51 heavy (non-hydrogen) atoms. The fourth-order valence-electron chi connectivity index (χ4n) is 4.18. The predicted molar refractivity (Wildman–Crippen MR) is 185 cm³/mol. The molecule has 10 nitrogen and oxygen atoms in total. The number of rotatable bonds is 15. The molecule has 4 atom stereocenters. The number of Topliss-reactive ketones (excluding diaryl/α,β-unsaturated/α-hetero) is 1. The lowest BCUT2D eigenvalue weighted by Crippen LogP contribution is -2.54. The number of benzene rings is 2. The normalized spacial score (nSPS) is 14.4. The van der Waals surface area contributed by atoms with Crippen LogP contribution < -0.4 is 20.7 Å². The lowest BCUT2D eigenvalue weighted by molar-refractivity contribution is -0.178. The maximum absolute atomic E-state index is 14.8. The molecule has 2 aromatic rings. The van der Waals surface area contributed by atoms with Crippen LogP contribution in [-0.4, -0.2) is 87.0 Å². The van der Waals surface area contributed by atoms with Gasteiger partial charge in [-0.05, 0) is 40.8 Å². The van der Waals surface area contributed by atoms with E-state index in [2.05, 4.69) is 44.5 Å². The number of amides is 3. The Kier molecular flexibility index (Phi) is 17.4. The Bertz CT molecular complexity index is 1420. The number of ether oxygens (including phenoxy) is 1. The number of aliphatic hydroxyl groups is 2. The van der Waals surface area contributed by atoms with Gasteiger partial charge in [0.2, 0.25) is 5.91 Å². The topological polar surface area (TPSA) is 154 Å². The summed E-state index contributed by atoms with van der Waals surface area (Å²) in [5.41, 5.74) is 0.317. The summed E-state index contributed by atoms with van der Waals surface area (Å²) in [6.45, 7) is 11.5. The first-order valence-corrected chi connectivity index (χ1v) is 19.2. The zero-order chi connectivity index (χ0) is 39.3. The lowest BCUT2D eigenvalue weighted by atomic mass is 9.81. The molecule has 0 aliphatic rings. The number of halogens is 5. The van der Waals surface area contributed by atoms with Crippen LogP contribution in [0.2, 0.25) is 18.1 Å². The summed E-state index contributed by atoms with van der Waals surface area (Å²) in [6.07, 6.45) is -8.71. The molecule has 16 heteroatoms. The van der Waals surface area contributed by atoms with Gasteiger partial charge in [-0.25, -0.2) is 0 Å². The molecule has 0 fully saturated rings. The Morgan fingerprint density at radius 1 is 0.882 bits per heavy atom. The summed E-state index contributed by atoms with van der Waals surface area (Å²) in [7, 11) is 1.02. The summed E-state index contributed by atoms with van der Waals surface area (Å²) in [5, 5.41) is 26.7. The van der Waals surface area contributed by atoms with Crippen molar-refractivity contribution in [3.63, 3.8) is 0 Å². The molecule has 2 rings (SSSR count). The van der Waals surface area contributed by atoms with Crippen molar-refractivity contribution < 1.29 is 56.1 Å². The maximum Gasteiger partial charge on any atom is 0.405 e. The molecule has 0 saturated carbocycles. The van der Waals surface area contributed by atoms with Crippen LogP contribution in [0, 0.1) is 11.8 Å². The Labute approximate surface area is 297 Å². The highest BCUT2D eigenvalue weighted by Crippen LogP contribution is 2.33. The minimum Gasteiger partial charge on any atom is -0.497 e. The number of carbonyl (C=O) groups is 4. The smallest absolute Gasteiger partial charge is 0.405 e. The van der Waals surface area contributed by atoms with E-state index in [9.17, 15) is 51.3 Å². The number of aliphatic hydroxyl groups excluding tert-OH is 2. The van der Waals surface area contributed by atoms with Crippen LogP contribution in [0.5, 0.6) is 5.75 Å². The van der Waals surface area contributed by atoms with E-state index in [-0.39, 0.29) is 19.9 Å². The number of hydrogen-bond acceptors (Lipinski definition) is 7. The Morgan fingerprint density at radius 3 is 1.84 bits per heavy atom. The van der Waals surface area contributed by atoms with E-state index in [1.165, 1.54) is 57.4 Å². The quantitative estimate of drug-likeness (QED) is 0.129. The van der Waals surface area contributed by atoms with Crippen molar-refractivity contribution in [1.29, 1.82) is 0 Å². The molecule has 0 heterocycles. The Hall–Kier alpha value is -3.89. The number of methoxy groups -OCH3 is 1. The Balaban J connectivity index is 0.00000167. The average molecular weight is 748 g/mol. The van der Waals surface area contributed by atoms with Gasteiger partial charge in [0.1, 0.15) is 30.5 Å². The molecule has 2 aromatic carbocycles. The van der Waals surface area contributed by atoms with Gasteiger partial charge in [0.25, 0.3) is 11.8 Å². The number of alkyl halides is 5. The highest BCUT2D eigenvalue weighted by Gasteiger charge is 2.52. The molecule has 5 N–H and O–H groups in total. The van der Waals surface area contributed by atoms with E-state index >= 15 is 0 Å². The van der Waals surface area contributed by atoms with Crippen molar-refractivity contribution in [2.24, 2.45) is 11.8 Å². The monoisotopic (exact) mass is 747 g/mol. The molecule has 3 amide bonds. The van der Waals surface area contributed by atoms with E-state index in [1.54, 1.807) is 18.2 Å². The van der Waals surface area contributed by atoms with Crippen molar-refractivity contribution in [3.8, 4) is 5.75 Å². The third-order valence-corrected chi connectivity index (χ3v) is 11.9. The second-order valence-corrected chi connectivity index (χ2v) is 17.8. The van der Waals surface area contributed by atoms with Crippen molar-refractivity contribution in [2.75, 3.05) is 20.3 Å². The summed E-state index contributed by atoms with van der Waals surface area (Å²) < 4.78 is 72.0. The SMILES string of the molecule is COc1ccc([C@H](NC(=O)[C@H](CO)NC(=O)c2ccccc2)C(=O)C[C@@H](C(C)C)[C@@H](O)C(F)(F)C(=O)NCC(F)(F)F)cc1.C[SiH](C)C(C)(C)C. The van der Waals surface area contributed by atoms with Gasteiger partial charge in [-0.15, -0.1) is 0 Å². The van der Waals surface area contributed by atoms with Crippen LogP contribution in [0.25, 0.3) is 0 Å². The van der Waals surface area contributed by atoms with Gasteiger partial charge in [-0.3, -0.25) is 19.2 Å². The molecule has 286 valence electrons. The summed E-state index contributed by atoms with van der Waals surface area (Å²) in [4.78, 5) is 51.1. The largest absolute Gasteiger partial charge is 0.497 e. The van der Waals surface area contributed by atoms with Crippen molar-refractivity contribution in [3.05, 3.63) is 65.7 Å². The molecule has 0 spiro atoms. The summed E-state index contributed by atoms with van der Waals surface area (Å²) in [5.74, 6) is -11.9. The Morgan fingerprint density at radius 2 is 1.41 bits per heavy atom. The van der Waals surface area contributed by atoms with Crippen LogP contribution in [0.3, 0.4) is 0 Å². The summed E-state index contributed by atoms with van der Waals surface area (Å²) >= 11 is 0. The minimum atomic E-state index is -4.99. The van der Waals surface area contributed by atoms with Crippen LogP contribution in [0.4, 0.5) is 22.0 Å². The third-order valence-electron chi connectivity index (χ3n) is 8.45. The highest BCUT2D eigenvalue weighted by atomic mass is 28.3. The van der Waals surface area contributed by atoms with Gasteiger partial charge in [0, 0.05) is 26.7 Å². The fraction of sp³-hybridized carbons (Fsp3) is 0.543. The van der Waals surface area contributed by atoms with E-state index in [0.29, 0.717) is 10.8 Å². The molecular weight excluding hydrogens is 697 g/mol. The number of ketones is 1. The van der Waals surface area contributed by atoms with Crippen molar-refractivity contribution in [1.82, 2.24) is 16.0 Å². The fourth-order valence-corrected chi connectivity index (χ4v) is 4.18. The predicted octanol–water partition coefficient (Wildman–Crippen LogP) is 4.82. The number of nitrogens with one attached hydrogen (secondary N) is 3.